The van der Waals surface area contributed by atoms with Gasteiger partial charge in [-0.25, -0.2) is 4.98 Å². The Hall–Kier alpha value is -1.73. The number of halogens is 1. The van der Waals surface area contributed by atoms with Crippen LogP contribution in [0.3, 0.4) is 0 Å². The van der Waals surface area contributed by atoms with E-state index in [0.717, 1.165) is 19.4 Å². The Bertz CT molecular complexity index is 634. The number of fused-ring (bicyclic) bond motifs is 1. The van der Waals surface area contributed by atoms with Gasteiger partial charge in [0.15, 0.2) is 0 Å². The van der Waals surface area contributed by atoms with Crippen LogP contribution in [0, 0.1) is 0 Å². The van der Waals surface area contributed by atoms with E-state index in [9.17, 15) is 0 Å². The monoisotopic (exact) mass is 306 g/mol. The fourth-order valence-corrected chi connectivity index (χ4v) is 3.28. The molecule has 7 nitrogen and oxygen atoms in total. The fourth-order valence-electron chi connectivity index (χ4n) is 3.12. The molecule has 8 heteroatoms. The molecule has 4 rings (SSSR count). The molecule has 2 unspecified atom stereocenters. The van der Waals surface area contributed by atoms with Crippen LogP contribution in [0.4, 0.5) is 5.95 Å². The van der Waals surface area contributed by atoms with Gasteiger partial charge in [0.2, 0.25) is 17.2 Å². The Balaban J connectivity index is 1.71. The predicted octanol–water partition coefficient (Wildman–Crippen LogP) is 1.47. The number of hydrogen-bond donors (Lipinski definition) is 0. The van der Waals surface area contributed by atoms with Crippen LogP contribution < -0.4 is 4.90 Å². The number of nitrogens with zero attached hydrogens (tertiary/aromatic N) is 6. The lowest BCUT2D eigenvalue weighted by molar-refractivity contribution is 0.0249. The first-order valence-corrected chi connectivity index (χ1v) is 7.47. The highest BCUT2D eigenvalue weighted by Gasteiger charge is 2.37. The number of aromatic nitrogens is 5. The highest BCUT2D eigenvalue weighted by atomic mass is 35.5. The first-order valence-electron chi connectivity index (χ1n) is 7.09. The molecule has 1 aliphatic heterocycles. The van der Waals surface area contributed by atoms with Gasteiger partial charge in [-0.1, -0.05) is 0 Å². The second kappa shape index (κ2) is 5.23. The molecule has 0 spiro atoms. The van der Waals surface area contributed by atoms with Gasteiger partial charge in [0.05, 0.1) is 18.8 Å². The topological polar surface area (TPSA) is 69.0 Å². The summed E-state index contributed by atoms with van der Waals surface area (Å²) in [5, 5.41) is 0.199. The van der Waals surface area contributed by atoms with Crippen LogP contribution in [0.5, 0.6) is 0 Å². The minimum Gasteiger partial charge on any atom is -0.374 e. The van der Waals surface area contributed by atoms with Crippen molar-refractivity contribution in [1.29, 1.82) is 0 Å². The molecule has 1 saturated heterocycles. The number of ether oxygens (including phenoxy) is 1. The zero-order chi connectivity index (χ0) is 14.2. The molecule has 2 atom stereocenters. The maximum Gasteiger partial charge on any atom is 0.241 e. The van der Waals surface area contributed by atoms with Gasteiger partial charge in [0.25, 0.3) is 0 Å². The number of imidazole rings is 1. The van der Waals surface area contributed by atoms with Gasteiger partial charge < -0.3 is 9.64 Å². The molecule has 2 aromatic rings. The van der Waals surface area contributed by atoms with Crippen molar-refractivity contribution in [3.05, 3.63) is 24.0 Å². The lowest BCUT2D eigenvalue weighted by Crippen LogP contribution is -2.49. The van der Waals surface area contributed by atoms with E-state index in [1.165, 1.54) is 6.42 Å². The minimum atomic E-state index is 0.199. The van der Waals surface area contributed by atoms with Crippen molar-refractivity contribution < 1.29 is 4.74 Å². The third-order valence-electron chi connectivity index (χ3n) is 4.06. The molecule has 2 fully saturated rings. The van der Waals surface area contributed by atoms with E-state index in [1.807, 2.05) is 0 Å². The fraction of sp³-hybridized carbons (Fsp3) is 0.538. The SMILES string of the molecule is Clc1nc(N2CCOC3CCCC32)nc(-n2ccnc2)n1. The summed E-state index contributed by atoms with van der Waals surface area (Å²) in [5.41, 5.74) is 0. The maximum absolute atomic E-state index is 6.08. The Labute approximate surface area is 127 Å². The molecule has 21 heavy (non-hydrogen) atoms. The van der Waals surface area contributed by atoms with Crippen LogP contribution in [-0.4, -0.2) is 49.8 Å². The second-order valence-electron chi connectivity index (χ2n) is 5.28. The summed E-state index contributed by atoms with van der Waals surface area (Å²) in [6.07, 6.45) is 8.78. The zero-order valence-corrected chi connectivity index (χ0v) is 12.1. The normalized spacial score (nSPS) is 25.1. The summed E-state index contributed by atoms with van der Waals surface area (Å²) in [4.78, 5) is 19.2. The highest BCUT2D eigenvalue weighted by Crippen LogP contribution is 2.32. The Morgan fingerprint density at radius 2 is 2.10 bits per heavy atom. The molecule has 2 aliphatic rings. The Morgan fingerprint density at radius 3 is 2.95 bits per heavy atom. The van der Waals surface area contributed by atoms with E-state index in [0.29, 0.717) is 24.5 Å². The molecular weight excluding hydrogens is 292 g/mol. The zero-order valence-electron chi connectivity index (χ0n) is 11.4. The molecule has 0 radical (unpaired) electrons. The Kier molecular flexibility index (Phi) is 3.23. The number of morpholine rings is 1. The molecule has 0 amide bonds. The molecule has 0 N–H and O–H groups in total. The smallest absolute Gasteiger partial charge is 0.241 e. The van der Waals surface area contributed by atoms with Crippen LogP contribution in [0.15, 0.2) is 18.7 Å². The average molecular weight is 307 g/mol. The van der Waals surface area contributed by atoms with Gasteiger partial charge in [0.1, 0.15) is 6.33 Å². The van der Waals surface area contributed by atoms with Gasteiger partial charge >= 0.3 is 0 Å². The van der Waals surface area contributed by atoms with Crippen molar-refractivity contribution in [2.75, 3.05) is 18.1 Å². The molecule has 110 valence electrons. The summed E-state index contributed by atoms with van der Waals surface area (Å²) >= 11 is 6.08. The van der Waals surface area contributed by atoms with Crippen molar-refractivity contribution in [2.45, 2.75) is 31.4 Å². The standard InChI is InChI=1S/C13H15ClN6O/c14-11-16-12(19-5-4-15-8-19)18-13(17-11)20-6-7-21-10-3-1-2-9(10)20/h4-5,8-10H,1-3,6-7H2. The summed E-state index contributed by atoms with van der Waals surface area (Å²) in [6.45, 7) is 1.48. The molecule has 1 saturated carbocycles. The second-order valence-corrected chi connectivity index (χ2v) is 5.61. The third-order valence-corrected chi connectivity index (χ3v) is 4.23. The molecule has 2 aromatic heterocycles. The average Bonchev–Trinajstić information content (AvgIpc) is 3.17. The van der Waals surface area contributed by atoms with E-state index in [-0.39, 0.29) is 11.4 Å². The first kappa shape index (κ1) is 13.0. The van der Waals surface area contributed by atoms with Gasteiger partial charge in [-0.2, -0.15) is 15.0 Å². The Morgan fingerprint density at radius 1 is 1.19 bits per heavy atom. The van der Waals surface area contributed by atoms with Crippen LogP contribution in [-0.2, 0) is 4.74 Å². The van der Waals surface area contributed by atoms with Crippen LogP contribution in [0.1, 0.15) is 19.3 Å². The summed E-state index contributed by atoms with van der Waals surface area (Å²) in [5.74, 6) is 1.11. The van der Waals surface area contributed by atoms with Crippen molar-refractivity contribution >= 4 is 17.5 Å². The first-order chi connectivity index (χ1) is 10.3. The molecule has 1 aliphatic carbocycles. The molecule has 3 heterocycles. The minimum absolute atomic E-state index is 0.199. The van der Waals surface area contributed by atoms with Crippen molar-refractivity contribution in [3.8, 4) is 5.95 Å². The summed E-state index contributed by atoms with van der Waals surface area (Å²) in [6, 6.07) is 0.341. The van der Waals surface area contributed by atoms with E-state index >= 15 is 0 Å². The lowest BCUT2D eigenvalue weighted by atomic mass is 10.1. The summed E-state index contributed by atoms with van der Waals surface area (Å²) in [7, 11) is 0. The number of hydrogen-bond acceptors (Lipinski definition) is 6. The lowest BCUT2D eigenvalue weighted by Gasteiger charge is -2.37. The number of rotatable bonds is 2. The van der Waals surface area contributed by atoms with E-state index < -0.39 is 0 Å². The summed E-state index contributed by atoms with van der Waals surface area (Å²) < 4.78 is 7.55. The molecule has 0 bridgehead atoms. The van der Waals surface area contributed by atoms with E-state index in [2.05, 4.69) is 24.8 Å². The van der Waals surface area contributed by atoms with Gasteiger partial charge in [-0.3, -0.25) is 4.57 Å². The van der Waals surface area contributed by atoms with Crippen LogP contribution in [0.25, 0.3) is 5.95 Å². The predicted molar refractivity (Wildman–Crippen MR) is 76.7 cm³/mol. The number of anilines is 1. The largest absolute Gasteiger partial charge is 0.374 e. The van der Waals surface area contributed by atoms with Crippen molar-refractivity contribution in [2.24, 2.45) is 0 Å². The van der Waals surface area contributed by atoms with Gasteiger partial charge in [-0.05, 0) is 30.9 Å². The quantitative estimate of drug-likeness (QED) is 0.837. The maximum atomic E-state index is 6.08. The third kappa shape index (κ3) is 2.36. The molecule has 0 aromatic carbocycles. The van der Waals surface area contributed by atoms with E-state index in [4.69, 9.17) is 16.3 Å². The van der Waals surface area contributed by atoms with Gasteiger partial charge in [-0.15, -0.1) is 0 Å². The van der Waals surface area contributed by atoms with E-state index in [1.54, 1.807) is 23.3 Å². The van der Waals surface area contributed by atoms with Crippen LogP contribution in [0.2, 0.25) is 5.28 Å². The van der Waals surface area contributed by atoms with Crippen LogP contribution >= 0.6 is 11.6 Å². The van der Waals surface area contributed by atoms with Gasteiger partial charge in [0, 0.05) is 18.9 Å². The molecular formula is C13H15ClN6O. The van der Waals surface area contributed by atoms with Crippen molar-refractivity contribution in [1.82, 2.24) is 24.5 Å². The van der Waals surface area contributed by atoms with Crippen molar-refractivity contribution in [3.63, 3.8) is 0 Å². The highest BCUT2D eigenvalue weighted by molar-refractivity contribution is 6.28.